The van der Waals surface area contributed by atoms with Crippen LogP contribution in [0, 0.1) is 0 Å². The summed E-state index contributed by atoms with van der Waals surface area (Å²) in [5.74, 6) is 0.0354. The lowest BCUT2D eigenvalue weighted by Gasteiger charge is -2.08. The normalized spacial score (nSPS) is 12.3. The Bertz CT molecular complexity index is 640. The summed E-state index contributed by atoms with van der Waals surface area (Å²) in [5, 5.41) is 4.61. The van der Waals surface area contributed by atoms with Gasteiger partial charge in [-0.25, -0.2) is 27.0 Å². The highest BCUT2D eigenvalue weighted by molar-refractivity contribution is 7.92. The van der Waals surface area contributed by atoms with Crippen LogP contribution in [0.2, 0.25) is 0 Å². The quantitative estimate of drug-likeness (QED) is 0.662. The number of nitrogens with one attached hydrogen (secondary N) is 1. The summed E-state index contributed by atoms with van der Waals surface area (Å²) in [4.78, 5) is 3.62. The van der Waals surface area contributed by atoms with E-state index in [1.54, 1.807) is 0 Å². The number of pyridine rings is 1. The summed E-state index contributed by atoms with van der Waals surface area (Å²) >= 11 is 0. The van der Waals surface area contributed by atoms with Crippen LogP contribution in [-0.4, -0.2) is 27.6 Å². The molecule has 21 heavy (non-hydrogen) atoms. The lowest BCUT2D eigenvalue weighted by molar-refractivity contribution is 0.591. The van der Waals surface area contributed by atoms with E-state index in [0.29, 0.717) is 6.42 Å². The van der Waals surface area contributed by atoms with E-state index < -0.39 is 20.0 Å². The molecular formula is C12H21N3O4S2. The van der Waals surface area contributed by atoms with Gasteiger partial charge in [-0.2, -0.15) is 0 Å². The third kappa shape index (κ3) is 6.87. The molecule has 0 amide bonds. The molecule has 0 aliphatic heterocycles. The fraction of sp³-hybridized carbons (Fsp3) is 0.583. The number of hydrogen-bond acceptors (Lipinski definition) is 5. The number of primary sulfonamides is 1. The molecule has 0 spiro atoms. The first-order chi connectivity index (χ1) is 9.74. The van der Waals surface area contributed by atoms with Crippen molar-refractivity contribution >= 4 is 25.7 Å². The van der Waals surface area contributed by atoms with Crippen LogP contribution in [0.15, 0.2) is 23.4 Å². The molecule has 0 aliphatic rings. The van der Waals surface area contributed by atoms with Crippen molar-refractivity contribution in [2.24, 2.45) is 5.14 Å². The molecule has 1 heterocycles. The van der Waals surface area contributed by atoms with Gasteiger partial charge in [0.25, 0.3) is 10.0 Å². The van der Waals surface area contributed by atoms with Crippen LogP contribution in [0.3, 0.4) is 0 Å². The van der Waals surface area contributed by atoms with Gasteiger partial charge in [-0.3, -0.25) is 4.72 Å². The Morgan fingerprint density at radius 3 is 2.29 bits per heavy atom. The van der Waals surface area contributed by atoms with Crippen molar-refractivity contribution < 1.29 is 16.8 Å². The summed E-state index contributed by atoms with van der Waals surface area (Å²) in [6.07, 6.45) is 5.83. The topological polar surface area (TPSA) is 119 Å². The van der Waals surface area contributed by atoms with E-state index in [2.05, 4.69) is 16.6 Å². The maximum atomic E-state index is 11.8. The summed E-state index contributed by atoms with van der Waals surface area (Å²) < 4.78 is 48.1. The highest BCUT2D eigenvalue weighted by atomic mass is 32.2. The van der Waals surface area contributed by atoms with Gasteiger partial charge in [-0.15, -0.1) is 0 Å². The molecule has 3 N–H and O–H groups in total. The Labute approximate surface area is 126 Å². The van der Waals surface area contributed by atoms with Crippen molar-refractivity contribution in [3.8, 4) is 0 Å². The van der Waals surface area contributed by atoms with Gasteiger partial charge in [0.15, 0.2) is 5.03 Å². The van der Waals surface area contributed by atoms with Crippen LogP contribution < -0.4 is 9.86 Å². The Kier molecular flexibility index (Phi) is 6.56. The maximum absolute atomic E-state index is 11.8. The average Bonchev–Trinajstić information content (AvgIpc) is 2.37. The Morgan fingerprint density at radius 2 is 1.76 bits per heavy atom. The molecule has 0 atom stereocenters. The predicted octanol–water partition coefficient (Wildman–Crippen LogP) is 1.44. The van der Waals surface area contributed by atoms with Crippen LogP contribution >= 0.6 is 0 Å². The van der Waals surface area contributed by atoms with E-state index in [4.69, 9.17) is 5.14 Å². The van der Waals surface area contributed by atoms with E-state index in [1.807, 2.05) is 0 Å². The monoisotopic (exact) mass is 335 g/mol. The predicted molar refractivity (Wildman–Crippen MR) is 81.8 cm³/mol. The third-order valence-corrected chi connectivity index (χ3v) is 5.02. The lowest BCUT2D eigenvalue weighted by Crippen LogP contribution is -2.18. The molecule has 0 radical (unpaired) electrons. The minimum absolute atomic E-state index is 0.0354. The molecule has 1 aromatic rings. The molecule has 0 saturated heterocycles. The molecule has 0 bridgehead atoms. The number of anilines is 1. The highest BCUT2D eigenvalue weighted by Gasteiger charge is 2.12. The third-order valence-electron chi connectivity index (χ3n) is 2.82. The Hall–Kier alpha value is -1.19. The second-order valence-electron chi connectivity index (χ2n) is 4.77. The van der Waals surface area contributed by atoms with Gasteiger partial charge >= 0.3 is 0 Å². The zero-order chi connectivity index (χ0) is 15.9. The van der Waals surface area contributed by atoms with Crippen LogP contribution in [0.5, 0.6) is 0 Å². The standard InChI is InChI=1S/C12H21N3O4S2/c1-2-3-4-5-6-9-20(16,17)15-11-7-8-12(14-10-11)21(13,18)19/h7-8,10,15H,2-6,9H2,1H3,(H2,13,18,19). The minimum Gasteiger partial charge on any atom is -0.282 e. The first kappa shape index (κ1) is 17.9. The van der Waals surface area contributed by atoms with Crippen LogP contribution in [0.4, 0.5) is 5.69 Å². The van der Waals surface area contributed by atoms with Gasteiger partial charge in [0, 0.05) is 0 Å². The van der Waals surface area contributed by atoms with Gasteiger partial charge in [-0.05, 0) is 18.6 Å². The van der Waals surface area contributed by atoms with Gasteiger partial charge < -0.3 is 0 Å². The van der Waals surface area contributed by atoms with Crippen molar-refractivity contribution in [1.29, 1.82) is 0 Å². The lowest BCUT2D eigenvalue weighted by atomic mass is 10.2. The van der Waals surface area contributed by atoms with Crippen molar-refractivity contribution in [2.45, 2.75) is 44.1 Å². The van der Waals surface area contributed by atoms with E-state index in [0.717, 1.165) is 37.9 Å². The maximum Gasteiger partial charge on any atom is 0.255 e. The number of rotatable bonds is 9. The van der Waals surface area contributed by atoms with Crippen molar-refractivity contribution in [2.75, 3.05) is 10.5 Å². The van der Waals surface area contributed by atoms with Gasteiger partial charge in [0.05, 0.1) is 17.6 Å². The zero-order valence-electron chi connectivity index (χ0n) is 11.9. The molecule has 9 heteroatoms. The molecule has 0 aromatic carbocycles. The molecule has 1 rings (SSSR count). The van der Waals surface area contributed by atoms with E-state index in [1.165, 1.54) is 6.07 Å². The molecule has 120 valence electrons. The number of nitrogens with two attached hydrogens (primary N) is 1. The summed E-state index contributed by atoms with van der Waals surface area (Å²) in [7, 11) is -7.32. The second-order valence-corrected chi connectivity index (χ2v) is 8.12. The molecule has 0 fully saturated rings. The zero-order valence-corrected chi connectivity index (χ0v) is 13.6. The van der Waals surface area contributed by atoms with Gasteiger partial charge in [-0.1, -0.05) is 32.6 Å². The second kappa shape index (κ2) is 7.71. The molecule has 7 nitrogen and oxygen atoms in total. The van der Waals surface area contributed by atoms with E-state index in [-0.39, 0.29) is 16.5 Å². The highest BCUT2D eigenvalue weighted by Crippen LogP contribution is 2.12. The van der Waals surface area contributed by atoms with Gasteiger partial charge in [0.1, 0.15) is 0 Å². The smallest absolute Gasteiger partial charge is 0.255 e. The van der Waals surface area contributed by atoms with E-state index >= 15 is 0 Å². The van der Waals surface area contributed by atoms with Crippen LogP contribution in [-0.2, 0) is 20.0 Å². The molecular weight excluding hydrogens is 314 g/mol. The Morgan fingerprint density at radius 1 is 1.10 bits per heavy atom. The SMILES string of the molecule is CCCCCCCS(=O)(=O)Nc1ccc(S(N)(=O)=O)nc1. The fourth-order valence-electron chi connectivity index (χ4n) is 1.74. The Balaban J connectivity index is 2.55. The van der Waals surface area contributed by atoms with Crippen molar-refractivity contribution in [3.05, 3.63) is 18.3 Å². The average molecular weight is 335 g/mol. The molecule has 0 unspecified atom stereocenters. The number of sulfonamides is 2. The molecule has 0 saturated carbocycles. The number of nitrogens with zero attached hydrogens (tertiary/aromatic N) is 1. The molecule has 0 aliphatic carbocycles. The first-order valence-corrected chi connectivity index (χ1v) is 9.94. The number of aromatic nitrogens is 1. The summed E-state index contributed by atoms with van der Waals surface area (Å²) in [5.41, 5.74) is 0.218. The summed E-state index contributed by atoms with van der Waals surface area (Å²) in [6, 6.07) is 2.48. The first-order valence-electron chi connectivity index (χ1n) is 6.74. The number of unbranched alkanes of at least 4 members (excludes halogenated alkanes) is 4. The van der Waals surface area contributed by atoms with E-state index in [9.17, 15) is 16.8 Å². The van der Waals surface area contributed by atoms with Crippen molar-refractivity contribution in [1.82, 2.24) is 4.98 Å². The summed E-state index contributed by atoms with van der Waals surface area (Å²) in [6.45, 7) is 2.09. The molecule has 1 aromatic heterocycles. The van der Waals surface area contributed by atoms with Crippen molar-refractivity contribution in [3.63, 3.8) is 0 Å². The largest absolute Gasteiger partial charge is 0.282 e. The fourth-order valence-corrected chi connectivity index (χ4v) is 3.36. The number of hydrogen-bond donors (Lipinski definition) is 2. The van der Waals surface area contributed by atoms with Crippen LogP contribution in [0.1, 0.15) is 39.0 Å². The van der Waals surface area contributed by atoms with Gasteiger partial charge in [0.2, 0.25) is 10.0 Å². The van der Waals surface area contributed by atoms with Crippen LogP contribution in [0.25, 0.3) is 0 Å². The minimum atomic E-state index is -3.87.